The van der Waals surface area contributed by atoms with Crippen LogP contribution < -0.4 is 5.32 Å². The zero-order valence-corrected chi connectivity index (χ0v) is 22.0. The van der Waals surface area contributed by atoms with Crippen molar-refractivity contribution in [1.29, 1.82) is 0 Å². The van der Waals surface area contributed by atoms with Gasteiger partial charge in [-0.05, 0) is 68.1 Å². The minimum atomic E-state index is -4.23. The summed E-state index contributed by atoms with van der Waals surface area (Å²) in [5.74, 6) is 0.929. The van der Waals surface area contributed by atoms with Crippen LogP contribution in [0.5, 0.6) is 0 Å². The van der Waals surface area contributed by atoms with E-state index in [0.717, 1.165) is 36.2 Å². The van der Waals surface area contributed by atoms with Crippen LogP contribution in [0.2, 0.25) is 0 Å². The molecule has 1 saturated heterocycles. The Kier molecular flexibility index (Phi) is 7.25. The molecule has 204 valence electrons. The number of halogens is 3. The van der Waals surface area contributed by atoms with Crippen molar-refractivity contribution >= 4 is 26.8 Å². The lowest BCUT2D eigenvalue weighted by molar-refractivity contribution is -0.148. The number of sulfone groups is 1. The molecule has 0 radical (unpaired) electrons. The molecule has 5 rings (SSSR count). The van der Waals surface area contributed by atoms with Crippen LogP contribution in [-0.2, 0) is 22.9 Å². The number of nitrogens with one attached hydrogen (secondary N) is 1. The topological polar surface area (TPSA) is 84.3 Å². The fraction of sp³-hybridized carbons (Fsp3) is 0.481. The number of hydrogen-bond donors (Lipinski definition) is 1. The minimum absolute atomic E-state index is 0.0241. The van der Waals surface area contributed by atoms with Crippen molar-refractivity contribution in [3.63, 3.8) is 0 Å². The van der Waals surface area contributed by atoms with E-state index in [-0.39, 0.29) is 29.1 Å². The Morgan fingerprint density at radius 3 is 2.50 bits per heavy atom. The number of aromatic nitrogens is 2. The second-order valence-corrected chi connectivity index (χ2v) is 12.4. The normalized spacial score (nSPS) is 18.8. The number of amides is 1. The van der Waals surface area contributed by atoms with Crippen molar-refractivity contribution in [3.05, 3.63) is 59.4 Å². The van der Waals surface area contributed by atoms with Gasteiger partial charge in [-0.15, -0.1) is 0 Å². The van der Waals surface area contributed by atoms with Gasteiger partial charge in [0.25, 0.3) is 5.91 Å². The van der Waals surface area contributed by atoms with Crippen LogP contribution in [0.3, 0.4) is 0 Å². The molecule has 1 atom stereocenters. The molecule has 38 heavy (non-hydrogen) atoms. The van der Waals surface area contributed by atoms with Gasteiger partial charge in [0.2, 0.25) is 0 Å². The Morgan fingerprint density at radius 1 is 1.11 bits per heavy atom. The smallest absolute Gasteiger partial charge is 0.348 e. The van der Waals surface area contributed by atoms with Gasteiger partial charge in [0.05, 0.1) is 28.2 Å². The molecule has 0 unspecified atom stereocenters. The largest absolute Gasteiger partial charge is 0.401 e. The zero-order valence-electron chi connectivity index (χ0n) is 21.2. The van der Waals surface area contributed by atoms with Crippen molar-refractivity contribution in [2.75, 3.05) is 18.8 Å². The molecule has 3 aromatic rings. The molecule has 1 aliphatic carbocycles. The number of hydrogen-bond acceptors (Lipinski definition) is 5. The summed E-state index contributed by atoms with van der Waals surface area (Å²) >= 11 is 0. The van der Waals surface area contributed by atoms with Crippen LogP contribution in [0, 0.1) is 0 Å². The molecule has 11 heteroatoms. The molecule has 1 aliphatic heterocycles. The number of nitrogens with zero attached hydrogens (tertiary/aromatic N) is 3. The number of likely N-dealkylation sites (tertiary alicyclic amines) is 1. The molecule has 7 nitrogen and oxygen atoms in total. The Bertz CT molecular complexity index is 1430. The van der Waals surface area contributed by atoms with Crippen molar-refractivity contribution in [3.8, 4) is 0 Å². The number of carbonyl (C=O) groups excluding carboxylic acids is 1. The Morgan fingerprint density at radius 2 is 1.84 bits per heavy atom. The van der Waals surface area contributed by atoms with Crippen LogP contribution in [0.25, 0.3) is 11.0 Å². The Labute approximate surface area is 219 Å². The molecular formula is C27H31F3N4O3S. The number of rotatable bonds is 9. The molecule has 2 aliphatic rings. The third-order valence-corrected chi connectivity index (χ3v) is 9.12. The second kappa shape index (κ2) is 10.3. The first-order valence-corrected chi connectivity index (χ1v) is 14.6. The molecule has 2 aromatic carbocycles. The first-order chi connectivity index (χ1) is 18.0. The van der Waals surface area contributed by atoms with E-state index in [1.807, 2.05) is 6.07 Å². The highest BCUT2D eigenvalue weighted by Crippen LogP contribution is 2.41. The summed E-state index contributed by atoms with van der Waals surface area (Å²) in [6, 6.07) is 11.5. The second-order valence-electron chi connectivity index (χ2n) is 10.2. The van der Waals surface area contributed by atoms with Crippen molar-refractivity contribution in [2.24, 2.45) is 0 Å². The Balaban J connectivity index is 1.31. The lowest BCUT2D eigenvalue weighted by atomic mass is 10.1. The van der Waals surface area contributed by atoms with Gasteiger partial charge in [-0.25, -0.2) is 13.4 Å². The van der Waals surface area contributed by atoms with Gasteiger partial charge in [-0.2, -0.15) is 13.2 Å². The first-order valence-electron chi connectivity index (χ1n) is 12.9. The first kappa shape index (κ1) is 26.7. The quantitative estimate of drug-likeness (QED) is 0.421. The maximum atomic E-state index is 13.1. The summed E-state index contributed by atoms with van der Waals surface area (Å²) in [6.07, 6.45) is -0.756. The van der Waals surface area contributed by atoms with Gasteiger partial charge >= 0.3 is 6.18 Å². The summed E-state index contributed by atoms with van der Waals surface area (Å²) < 4.78 is 65.3. The Hall–Kier alpha value is -2.92. The maximum absolute atomic E-state index is 13.1. The van der Waals surface area contributed by atoms with Crippen molar-refractivity contribution in [2.45, 2.75) is 68.7 Å². The SMILES string of the molecule is CCS(=O)(=O)c1ccc(CNC(=O)c2ccc3c(c2)nc(C2CC2)n3C[C@H]2CCCN2CC(F)(F)F)cc1. The van der Waals surface area contributed by atoms with Crippen LogP contribution in [0.1, 0.15) is 60.3 Å². The summed E-state index contributed by atoms with van der Waals surface area (Å²) in [5, 5.41) is 2.86. The number of imidazole rings is 1. The molecule has 1 saturated carbocycles. The molecule has 1 N–H and O–H groups in total. The van der Waals surface area contributed by atoms with Gasteiger partial charge in [0.1, 0.15) is 5.82 Å². The van der Waals surface area contributed by atoms with E-state index in [9.17, 15) is 26.4 Å². The van der Waals surface area contributed by atoms with E-state index >= 15 is 0 Å². The average molecular weight is 549 g/mol. The molecule has 0 spiro atoms. The summed E-state index contributed by atoms with van der Waals surface area (Å²) in [7, 11) is -3.28. The van der Waals surface area contributed by atoms with E-state index < -0.39 is 22.6 Å². The van der Waals surface area contributed by atoms with Gasteiger partial charge < -0.3 is 9.88 Å². The summed E-state index contributed by atoms with van der Waals surface area (Å²) in [4.78, 5) is 19.4. The number of benzene rings is 2. The number of fused-ring (bicyclic) bond motifs is 1. The fourth-order valence-corrected chi connectivity index (χ4v) is 6.04. The van der Waals surface area contributed by atoms with E-state index in [4.69, 9.17) is 4.98 Å². The predicted molar refractivity (Wildman–Crippen MR) is 138 cm³/mol. The van der Waals surface area contributed by atoms with Crippen LogP contribution in [0.15, 0.2) is 47.4 Å². The van der Waals surface area contributed by atoms with Crippen molar-refractivity contribution in [1.82, 2.24) is 19.8 Å². The summed E-state index contributed by atoms with van der Waals surface area (Å²) in [5.41, 5.74) is 2.70. The zero-order chi connectivity index (χ0) is 27.1. The van der Waals surface area contributed by atoms with E-state index in [1.54, 1.807) is 43.3 Å². The lowest BCUT2D eigenvalue weighted by Crippen LogP contribution is -2.40. The third kappa shape index (κ3) is 5.88. The van der Waals surface area contributed by atoms with Gasteiger partial charge in [-0.3, -0.25) is 9.69 Å². The lowest BCUT2D eigenvalue weighted by Gasteiger charge is -2.26. The molecule has 1 amide bonds. The molecular weight excluding hydrogens is 517 g/mol. The molecule has 2 heterocycles. The fourth-order valence-electron chi connectivity index (χ4n) is 5.15. The monoisotopic (exact) mass is 548 g/mol. The third-order valence-electron chi connectivity index (χ3n) is 7.37. The number of alkyl halides is 3. The standard InChI is InChI=1S/C27H31F3N4O3S/c1-2-38(36,37)22-10-5-18(6-11-22)15-31-26(35)20-9-12-24-23(14-20)32-25(19-7-8-19)34(24)16-21-4-3-13-33(21)17-27(28,29)30/h5-6,9-12,14,19,21H,2-4,7-8,13,15-17H2,1H3,(H,31,35)/t21-/m1/s1. The molecule has 1 aromatic heterocycles. The average Bonchev–Trinajstić information content (AvgIpc) is 3.55. The summed E-state index contributed by atoms with van der Waals surface area (Å²) in [6.45, 7) is 1.82. The van der Waals surface area contributed by atoms with E-state index in [2.05, 4.69) is 9.88 Å². The van der Waals surface area contributed by atoms with Gasteiger partial charge in [0.15, 0.2) is 9.84 Å². The maximum Gasteiger partial charge on any atom is 0.401 e. The molecule has 0 bridgehead atoms. The van der Waals surface area contributed by atoms with E-state index in [0.29, 0.717) is 36.5 Å². The molecule has 2 fully saturated rings. The van der Waals surface area contributed by atoms with Gasteiger partial charge in [0, 0.05) is 30.6 Å². The highest BCUT2D eigenvalue weighted by atomic mass is 32.2. The van der Waals surface area contributed by atoms with Crippen molar-refractivity contribution < 1.29 is 26.4 Å². The highest BCUT2D eigenvalue weighted by molar-refractivity contribution is 7.91. The van der Waals surface area contributed by atoms with E-state index in [1.165, 1.54) is 4.90 Å². The van der Waals surface area contributed by atoms with Crippen LogP contribution >= 0.6 is 0 Å². The number of carbonyl (C=O) groups is 1. The van der Waals surface area contributed by atoms with Gasteiger partial charge in [-0.1, -0.05) is 19.1 Å². The highest BCUT2D eigenvalue weighted by Gasteiger charge is 2.37. The predicted octanol–water partition coefficient (Wildman–Crippen LogP) is 4.66. The van der Waals surface area contributed by atoms with Crippen LogP contribution in [0.4, 0.5) is 13.2 Å². The van der Waals surface area contributed by atoms with Crippen LogP contribution in [-0.4, -0.2) is 59.8 Å². The minimum Gasteiger partial charge on any atom is -0.348 e.